The first-order valence-corrected chi connectivity index (χ1v) is 4.78. The molecule has 1 aromatic heterocycles. The fourth-order valence-corrected chi connectivity index (χ4v) is 1.30. The highest BCUT2D eigenvalue weighted by Crippen LogP contribution is 2.01. The van der Waals surface area contributed by atoms with Gasteiger partial charge in [0.2, 0.25) is 0 Å². The normalized spacial score (nSPS) is 9.38. The average Bonchev–Trinajstić information content (AvgIpc) is 2.54. The molecule has 0 aliphatic carbocycles. The van der Waals surface area contributed by atoms with Crippen molar-refractivity contribution in [2.24, 2.45) is 0 Å². The smallest absolute Gasteiger partial charge is 0.108 e. The molecule has 70 valence electrons. The Kier molecular flexibility index (Phi) is 4.11. The minimum atomic E-state index is 0.920. The summed E-state index contributed by atoms with van der Waals surface area (Å²) in [6, 6.07) is 0. The molecule has 1 aromatic rings. The quantitative estimate of drug-likeness (QED) is 0.643. The Balaban J connectivity index is 2.52. The van der Waals surface area contributed by atoms with Crippen LogP contribution in [-0.2, 0) is 13.0 Å². The summed E-state index contributed by atoms with van der Waals surface area (Å²) < 4.78 is 2.19. The van der Waals surface area contributed by atoms with Crippen LogP contribution in [0.5, 0.6) is 0 Å². The topological polar surface area (TPSA) is 17.8 Å². The highest BCUT2D eigenvalue weighted by Gasteiger charge is 1.99. The van der Waals surface area contributed by atoms with Crippen LogP contribution < -0.4 is 0 Å². The first-order valence-electron chi connectivity index (χ1n) is 4.78. The van der Waals surface area contributed by atoms with E-state index in [1.807, 2.05) is 19.3 Å². The minimum Gasteiger partial charge on any atom is -0.334 e. The van der Waals surface area contributed by atoms with E-state index in [1.54, 1.807) is 0 Å². The van der Waals surface area contributed by atoms with Crippen molar-refractivity contribution >= 4 is 0 Å². The highest BCUT2D eigenvalue weighted by atomic mass is 15.1. The van der Waals surface area contributed by atoms with E-state index in [-0.39, 0.29) is 0 Å². The van der Waals surface area contributed by atoms with Crippen LogP contribution >= 0.6 is 0 Å². The fourth-order valence-electron chi connectivity index (χ4n) is 1.30. The van der Waals surface area contributed by atoms with Gasteiger partial charge in [-0.1, -0.05) is 6.92 Å². The number of nitrogens with zero attached hydrogens (tertiary/aromatic N) is 2. The van der Waals surface area contributed by atoms with E-state index in [9.17, 15) is 0 Å². The van der Waals surface area contributed by atoms with E-state index >= 15 is 0 Å². The molecular formula is C11H16N2. The molecule has 13 heavy (non-hydrogen) atoms. The van der Waals surface area contributed by atoms with Gasteiger partial charge in [0.05, 0.1) is 0 Å². The van der Waals surface area contributed by atoms with Crippen molar-refractivity contribution in [2.75, 3.05) is 0 Å². The van der Waals surface area contributed by atoms with Crippen LogP contribution in [0, 0.1) is 11.8 Å². The average molecular weight is 176 g/mol. The monoisotopic (exact) mass is 176 g/mol. The number of rotatable bonds is 4. The maximum Gasteiger partial charge on any atom is 0.108 e. The van der Waals surface area contributed by atoms with Crippen LogP contribution in [0.2, 0.25) is 0 Å². The lowest BCUT2D eigenvalue weighted by Gasteiger charge is -2.03. The Labute approximate surface area is 80.0 Å². The zero-order valence-corrected chi connectivity index (χ0v) is 8.38. The number of aryl methyl sites for hydroxylation is 2. The summed E-state index contributed by atoms with van der Waals surface area (Å²) in [7, 11) is 0. The molecule has 0 bridgehead atoms. The second-order valence-electron chi connectivity index (χ2n) is 2.96. The lowest BCUT2D eigenvalue weighted by Crippen LogP contribution is -2.02. The number of aromatic nitrogens is 2. The third kappa shape index (κ3) is 2.95. The zero-order chi connectivity index (χ0) is 9.52. The molecule has 2 heteroatoms. The van der Waals surface area contributed by atoms with Crippen molar-refractivity contribution in [3.8, 4) is 11.8 Å². The number of hydrogen-bond acceptors (Lipinski definition) is 1. The third-order valence-corrected chi connectivity index (χ3v) is 1.93. The SMILES string of the molecule is CC#CCCn1ccnc1CCC. The van der Waals surface area contributed by atoms with E-state index < -0.39 is 0 Å². The van der Waals surface area contributed by atoms with Crippen molar-refractivity contribution in [1.82, 2.24) is 9.55 Å². The molecule has 0 radical (unpaired) electrons. The van der Waals surface area contributed by atoms with Crippen LogP contribution in [0.3, 0.4) is 0 Å². The molecule has 0 unspecified atom stereocenters. The van der Waals surface area contributed by atoms with Crippen LogP contribution in [0.15, 0.2) is 12.4 Å². The molecule has 1 heterocycles. The van der Waals surface area contributed by atoms with Gasteiger partial charge < -0.3 is 4.57 Å². The largest absolute Gasteiger partial charge is 0.334 e. The lowest BCUT2D eigenvalue weighted by atomic mass is 10.3. The van der Waals surface area contributed by atoms with Gasteiger partial charge in [-0.05, 0) is 13.3 Å². The van der Waals surface area contributed by atoms with Gasteiger partial charge in [0, 0.05) is 31.8 Å². The maximum atomic E-state index is 4.30. The molecule has 0 N–H and O–H groups in total. The Bertz CT molecular complexity index is 301. The van der Waals surface area contributed by atoms with Gasteiger partial charge in [0.25, 0.3) is 0 Å². The third-order valence-electron chi connectivity index (χ3n) is 1.93. The van der Waals surface area contributed by atoms with Gasteiger partial charge in [-0.15, -0.1) is 11.8 Å². The second-order valence-corrected chi connectivity index (χ2v) is 2.96. The van der Waals surface area contributed by atoms with Crippen LogP contribution in [0.4, 0.5) is 0 Å². The molecule has 0 aliphatic rings. The standard InChI is InChI=1S/C11H16N2/c1-3-5-6-9-13-10-8-12-11(13)7-4-2/h8,10H,4,6-7,9H2,1-2H3. The van der Waals surface area contributed by atoms with E-state index in [4.69, 9.17) is 0 Å². The summed E-state index contributed by atoms with van der Waals surface area (Å²) in [4.78, 5) is 4.30. The number of imidazole rings is 1. The maximum absolute atomic E-state index is 4.30. The van der Waals surface area contributed by atoms with Crippen LogP contribution in [0.1, 0.15) is 32.5 Å². The van der Waals surface area contributed by atoms with Crippen molar-refractivity contribution in [3.63, 3.8) is 0 Å². The predicted molar refractivity (Wildman–Crippen MR) is 54.3 cm³/mol. The van der Waals surface area contributed by atoms with Gasteiger partial charge in [0.1, 0.15) is 5.82 Å². The van der Waals surface area contributed by atoms with Gasteiger partial charge in [0.15, 0.2) is 0 Å². The first kappa shape index (κ1) is 9.85. The van der Waals surface area contributed by atoms with Crippen molar-refractivity contribution in [1.29, 1.82) is 0 Å². The molecule has 1 rings (SSSR count). The summed E-state index contributed by atoms with van der Waals surface area (Å²) in [5.41, 5.74) is 0. The summed E-state index contributed by atoms with van der Waals surface area (Å²) in [5, 5.41) is 0. The first-order chi connectivity index (χ1) is 6.38. The van der Waals surface area contributed by atoms with Gasteiger partial charge in [-0.2, -0.15) is 0 Å². The summed E-state index contributed by atoms with van der Waals surface area (Å²) >= 11 is 0. The molecule has 0 saturated heterocycles. The van der Waals surface area contributed by atoms with E-state index in [1.165, 1.54) is 5.82 Å². The van der Waals surface area contributed by atoms with Crippen molar-refractivity contribution < 1.29 is 0 Å². The predicted octanol–water partition coefficient (Wildman–Crippen LogP) is 2.25. The molecule has 0 amide bonds. The molecule has 2 nitrogen and oxygen atoms in total. The Hall–Kier alpha value is -1.23. The number of hydrogen-bond donors (Lipinski definition) is 0. The summed E-state index contributed by atoms with van der Waals surface area (Å²) in [6.45, 7) is 5.02. The van der Waals surface area contributed by atoms with Gasteiger partial charge in [-0.25, -0.2) is 4.98 Å². The minimum absolute atomic E-state index is 0.920. The van der Waals surface area contributed by atoms with Gasteiger partial charge in [-0.3, -0.25) is 0 Å². The Morgan fingerprint density at radius 2 is 2.38 bits per heavy atom. The Morgan fingerprint density at radius 1 is 1.54 bits per heavy atom. The summed E-state index contributed by atoms with van der Waals surface area (Å²) in [6.07, 6.45) is 7.03. The van der Waals surface area contributed by atoms with Crippen LogP contribution in [0.25, 0.3) is 0 Å². The van der Waals surface area contributed by atoms with Crippen LogP contribution in [-0.4, -0.2) is 9.55 Å². The van der Waals surface area contributed by atoms with E-state index in [0.717, 1.165) is 25.8 Å². The molecule has 0 spiro atoms. The molecular weight excluding hydrogens is 160 g/mol. The van der Waals surface area contributed by atoms with Crippen molar-refractivity contribution in [2.45, 2.75) is 39.7 Å². The van der Waals surface area contributed by atoms with Gasteiger partial charge >= 0.3 is 0 Å². The Morgan fingerprint density at radius 3 is 3.08 bits per heavy atom. The molecule has 0 atom stereocenters. The zero-order valence-electron chi connectivity index (χ0n) is 8.38. The highest BCUT2D eigenvalue weighted by molar-refractivity contribution is 4.97. The molecule has 0 aliphatic heterocycles. The van der Waals surface area contributed by atoms with E-state index in [0.29, 0.717) is 0 Å². The molecule has 0 aromatic carbocycles. The lowest BCUT2D eigenvalue weighted by molar-refractivity contribution is 0.657. The molecule has 0 fully saturated rings. The summed E-state index contributed by atoms with van der Waals surface area (Å²) in [5.74, 6) is 7.14. The fraction of sp³-hybridized carbons (Fsp3) is 0.545. The second kappa shape index (κ2) is 5.42. The van der Waals surface area contributed by atoms with E-state index in [2.05, 4.69) is 28.3 Å². The van der Waals surface area contributed by atoms with Crippen molar-refractivity contribution in [3.05, 3.63) is 18.2 Å². The molecule has 0 saturated carbocycles.